The molecule has 2 aliphatic heterocycles. The maximum atomic E-state index is 12.4. The third-order valence-electron chi connectivity index (χ3n) is 4.10. The molecule has 2 saturated heterocycles. The number of carbonyl (C=O) groups excluding carboxylic acids is 1. The van der Waals surface area contributed by atoms with Crippen LogP contribution in [0.5, 0.6) is 0 Å². The molecule has 1 N–H and O–H groups in total. The summed E-state index contributed by atoms with van der Waals surface area (Å²) < 4.78 is 42.8. The van der Waals surface area contributed by atoms with Crippen molar-refractivity contribution >= 4 is 6.03 Å². The van der Waals surface area contributed by atoms with Crippen molar-refractivity contribution < 1.29 is 22.7 Å². The highest BCUT2D eigenvalue weighted by atomic mass is 19.4. The summed E-state index contributed by atoms with van der Waals surface area (Å²) in [6, 6.07) is -0.403. The van der Waals surface area contributed by atoms with Gasteiger partial charge in [-0.3, -0.25) is 4.90 Å². The molecule has 0 aromatic heterocycles. The lowest BCUT2D eigenvalue weighted by Crippen LogP contribution is -2.45. The van der Waals surface area contributed by atoms with Gasteiger partial charge in [0.1, 0.15) is 0 Å². The zero-order valence-corrected chi connectivity index (χ0v) is 13.7. The number of rotatable bonds is 5. The van der Waals surface area contributed by atoms with Gasteiger partial charge in [-0.2, -0.15) is 13.2 Å². The van der Waals surface area contributed by atoms with Crippen LogP contribution in [0.15, 0.2) is 0 Å². The molecule has 0 aromatic rings. The van der Waals surface area contributed by atoms with Gasteiger partial charge in [0.15, 0.2) is 0 Å². The molecule has 0 aliphatic carbocycles. The second-order valence-electron chi connectivity index (χ2n) is 6.87. The molecule has 0 spiro atoms. The van der Waals surface area contributed by atoms with Crippen LogP contribution in [0.3, 0.4) is 0 Å². The molecule has 0 radical (unpaired) electrons. The monoisotopic (exact) mass is 337 g/mol. The molecule has 2 amide bonds. The predicted octanol–water partition coefficient (Wildman–Crippen LogP) is 2.08. The lowest BCUT2D eigenvalue weighted by atomic mass is 10.2. The van der Waals surface area contributed by atoms with Gasteiger partial charge in [0.25, 0.3) is 0 Å². The van der Waals surface area contributed by atoms with Crippen molar-refractivity contribution in [3.63, 3.8) is 0 Å². The second-order valence-corrected chi connectivity index (χ2v) is 6.87. The van der Waals surface area contributed by atoms with E-state index in [0.717, 1.165) is 6.42 Å². The summed E-state index contributed by atoms with van der Waals surface area (Å²) in [5, 5.41) is 2.84. The molecule has 0 bridgehead atoms. The molecule has 8 heteroatoms. The number of carbonyl (C=O) groups is 1. The van der Waals surface area contributed by atoms with Gasteiger partial charge in [-0.25, -0.2) is 4.79 Å². The molecule has 2 unspecified atom stereocenters. The Hall–Kier alpha value is -1.02. The Morgan fingerprint density at radius 1 is 1.26 bits per heavy atom. The zero-order chi connectivity index (χ0) is 17.0. The summed E-state index contributed by atoms with van der Waals surface area (Å²) >= 11 is 0. The first-order chi connectivity index (χ1) is 10.7. The standard InChI is InChI=1S/C15H26F3N3O2/c1-11(2)9-23-13-4-6-21(8-13)14(22)19-12-3-5-20(7-12)10-15(16,17)18/h11-13H,3-10H2,1-2H3,(H,19,22). The first-order valence-electron chi connectivity index (χ1n) is 8.19. The van der Waals surface area contributed by atoms with Crippen molar-refractivity contribution in [2.75, 3.05) is 39.3 Å². The molecule has 2 heterocycles. The Bertz CT molecular complexity index is 404. The highest BCUT2D eigenvalue weighted by Gasteiger charge is 2.35. The minimum absolute atomic E-state index is 0.0634. The van der Waals surface area contributed by atoms with E-state index in [2.05, 4.69) is 19.2 Å². The van der Waals surface area contributed by atoms with Crippen LogP contribution < -0.4 is 5.32 Å². The molecule has 134 valence electrons. The van der Waals surface area contributed by atoms with E-state index in [-0.39, 0.29) is 24.7 Å². The fraction of sp³-hybridized carbons (Fsp3) is 0.933. The average Bonchev–Trinajstić information content (AvgIpc) is 3.04. The average molecular weight is 337 g/mol. The van der Waals surface area contributed by atoms with Crippen LogP contribution in [0.1, 0.15) is 26.7 Å². The van der Waals surface area contributed by atoms with Gasteiger partial charge in [0.05, 0.1) is 12.6 Å². The fourth-order valence-corrected chi connectivity index (χ4v) is 2.99. The van der Waals surface area contributed by atoms with Gasteiger partial charge in [-0.1, -0.05) is 13.8 Å². The number of nitrogens with one attached hydrogen (secondary N) is 1. The lowest BCUT2D eigenvalue weighted by molar-refractivity contribution is -0.143. The van der Waals surface area contributed by atoms with Crippen LogP contribution >= 0.6 is 0 Å². The van der Waals surface area contributed by atoms with Crippen molar-refractivity contribution in [2.45, 2.75) is 45.0 Å². The number of alkyl halides is 3. The number of hydrogen-bond donors (Lipinski definition) is 1. The Labute approximate surface area is 135 Å². The van der Waals surface area contributed by atoms with E-state index >= 15 is 0 Å². The lowest BCUT2D eigenvalue weighted by Gasteiger charge is -2.22. The van der Waals surface area contributed by atoms with Crippen LogP contribution in [0.25, 0.3) is 0 Å². The summed E-state index contributed by atoms with van der Waals surface area (Å²) in [5.41, 5.74) is 0. The Morgan fingerprint density at radius 2 is 2.00 bits per heavy atom. The van der Waals surface area contributed by atoms with E-state index in [9.17, 15) is 18.0 Å². The molecule has 2 atom stereocenters. The molecule has 2 rings (SSSR count). The van der Waals surface area contributed by atoms with Gasteiger partial charge in [-0.15, -0.1) is 0 Å². The van der Waals surface area contributed by atoms with Crippen LogP contribution in [-0.4, -0.2) is 73.5 Å². The third-order valence-corrected chi connectivity index (χ3v) is 4.10. The first kappa shape index (κ1) is 18.3. The maximum Gasteiger partial charge on any atom is 0.401 e. The highest BCUT2D eigenvalue weighted by molar-refractivity contribution is 5.75. The van der Waals surface area contributed by atoms with Crippen LogP contribution in [0.4, 0.5) is 18.0 Å². The van der Waals surface area contributed by atoms with E-state index in [4.69, 9.17) is 4.74 Å². The van der Waals surface area contributed by atoms with E-state index in [1.807, 2.05) is 0 Å². The van der Waals surface area contributed by atoms with Gasteiger partial charge >= 0.3 is 12.2 Å². The number of hydrogen-bond acceptors (Lipinski definition) is 3. The van der Waals surface area contributed by atoms with Gasteiger partial charge in [-0.05, 0) is 18.8 Å². The summed E-state index contributed by atoms with van der Waals surface area (Å²) in [7, 11) is 0. The Balaban J connectivity index is 1.69. The Morgan fingerprint density at radius 3 is 2.65 bits per heavy atom. The summed E-state index contributed by atoms with van der Waals surface area (Å²) in [5.74, 6) is 0.455. The quantitative estimate of drug-likeness (QED) is 0.835. The van der Waals surface area contributed by atoms with Crippen molar-refractivity contribution in [3.8, 4) is 0 Å². The molecule has 2 aliphatic rings. The van der Waals surface area contributed by atoms with E-state index in [0.29, 0.717) is 38.6 Å². The normalized spacial score (nSPS) is 26.3. The van der Waals surface area contributed by atoms with Gasteiger partial charge < -0.3 is 15.0 Å². The number of nitrogens with zero attached hydrogens (tertiary/aromatic N) is 2. The molecular formula is C15H26F3N3O2. The smallest absolute Gasteiger partial charge is 0.376 e. The SMILES string of the molecule is CC(C)COC1CCN(C(=O)NC2CCN(CC(F)(F)F)C2)C1. The van der Waals surface area contributed by atoms with E-state index in [1.165, 1.54) is 4.90 Å². The minimum Gasteiger partial charge on any atom is -0.376 e. The van der Waals surface area contributed by atoms with Crippen LogP contribution in [0.2, 0.25) is 0 Å². The fourth-order valence-electron chi connectivity index (χ4n) is 2.99. The Kier molecular flexibility index (Phi) is 6.13. The maximum absolute atomic E-state index is 12.4. The van der Waals surface area contributed by atoms with Crippen molar-refractivity contribution in [1.82, 2.24) is 15.1 Å². The summed E-state index contributed by atoms with van der Waals surface area (Å²) in [6.07, 6.45) is -2.75. The van der Waals surface area contributed by atoms with E-state index < -0.39 is 12.7 Å². The highest BCUT2D eigenvalue weighted by Crippen LogP contribution is 2.20. The number of ether oxygens (including phenoxy) is 1. The predicted molar refractivity (Wildman–Crippen MR) is 80.2 cm³/mol. The second kappa shape index (κ2) is 7.70. The van der Waals surface area contributed by atoms with Crippen molar-refractivity contribution in [3.05, 3.63) is 0 Å². The minimum atomic E-state index is -4.19. The first-order valence-corrected chi connectivity index (χ1v) is 8.19. The molecule has 5 nitrogen and oxygen atoms in total. The van der Waals surface area contributed by atoms with Gasteiger partial charge in [0, 0.05) is 38.8 Å². The topological polar surface area (TPSA) is 44.8 Å². The van der Waals surface area contributed by atoms with Crippen LogP contribution in [-0.2, 0) is 4.74 Å². The van der Waals surface area contributed by atoms with E-state index in [1.54, 1.807) is 4.90 Å². The molecule has 0 saturated carbocycles. The molecule has 2 fully saturated rings. The third kappa shape index (κ3) is 6.18. The number of halogens is 3. The van der Waals surface area contributed by atoms with Crippen molar-refractivity contribution in [2.24, 2.45) is 5.92 Å². The number of amides is 2. The number of likely N-dealkylation sites (tertiary alicyclic amines) is 2. The van der Waals surface area contributed by atoms with Crippen LogP contribution in [0, 0.1) is 5.92 Å². The summed E-state index contributed by atoms with van der Waals surface area (Å²) in [6.45, 7) is 5.73. The van der Waals surface area contributed by atoms with Gasteiger partial charge in [0.2, 0.25) is 0 Å². The molecule has 23 heavy (non-hydrogen) atoms. The number of urea groups is 1. The molecular weight excluding hydrogens is 311 g/mol. The zero-order valence-electron chi connectivity index (χ0n) is 13.7. The molecule has 0 aromatic carbocycles. The van der Waals surface area contributed by atoms with Crippen molar-refractivity contribution in [1.29, 1.82) is 0 Å². The largest absolute Gasteiger partial charge is 0.401 e. The summed E-state index contributed by atoms with van der Waals surface area (Å²) in [4.78, 5) is 15.2.